The van der Waals surface area contributed by atoms with Crippen molar-refractivity contribution in [3.63, 3.8) is 0 Å². The van der Waals surface area contributed by atoms with Gasteiger partial charge in [0.05, 0.1) is 24.7 Å². The van der Waals surface area contributed by atoms with Crippen LogP contribution in [-0.4, -0.2) is 68.3 Å². The molecular weight excluding hydrogens is 439 g/mol. The van der Waals surface area contributed by atoms with Crippen molar-refractivity contribution in [1.82, 2.24) is 9.55 Å². The molecule has 1 aromatic heterocycles. The van der Waals surface area contributed by atoms with Gasteiger partial charge in [0, 0.05) is 18.7 Å². The molecule has 0 bridgehead atoms. The first-order valence-electron chi connectivity index (χ1n) is 9.63. The van der Waals surface area contributed by atoms with Crippen molar-refractivity contribution < 1.29 is 43.0 Å². The zero-order chi connectivity index (χ0) is 23.0. The van der Waals surface area contributed by atoms with Crippen LogP contribution < -0.4 is 11.2 Å². The first-order chi connectivity index (χ1) is 14.5. The van der Waals surface area contributed by atoms with Crippen molar-refractivity contribution in [3.8, 4) is 0 Å². The van der Waals surface area contributed by atoms with Crippen molar-refractivity contribution in [2.75, 3.05) is 13.2 Å². The second-order valence-electron chi connectivity index (χ2n) is 7.65. The third-order valence-corrected chi connectivity index (χ3v) is 6.13. The Hall–Kier alpha value is -1.86. The molecule has 6 atom stereocenters. The topological polar surface area (TPSA) is 187 Å². The summed E-state index contributed by atoms with van der Waals surface area (Å²) < 4.78 is 33.5. The minimum atomic E-state index is -4.59. The number of aromatic amines is 1. The number of aliphatic hydroxyl groups is 2. The van der Waals surface area contributed by atoms with Crippen LogP contribution in [0.1, 0.15) is 32.9 Å². The molecular formula is C17H25N2O11P. The van der Waals surface area contributed by atoms with E-state index in [0.717, 1.165) is 16.8 Å². The van der Waals surface area contributed by atoms with Gasteiger partial charge in [0.1, 0.15) is 18.3 Å². The minimum absolute atomic E-state index is 0.0117. The van der Waals surface area contributed by atoms with Crippen molar-refractivity contribution in [1.29, 1.82) is 0 Å². The van der Waals surface area contributed by atoms with E-state index in [0.29, 0.717) is 0 Å². The van der Waals surface area contributed by atoms with E-state index in [4.69, 9.17) is 18.5 Å². The van der Waals surface area contributed by atoms with Gasteiger partial charge < -0.3 is 24.6 Å². The average molecular weight is 464 g/mol. The molecule has 31 heavy (non-hydrogen) atoms. The summed E-state index contributed by atoms with van der Waals surface area (Å²) in [5.74, 6) is -0.469. The first-order valence-corrected chi connectivity index (χ1v) is 11.1. The second-order valence-corrected chi connectivity index (χ2v) is 9.06. The van der Waals surface area contributed by atoms with Gasteiger partial charge >= 0.3 is 19.5 Å². The van der Waals surface area contributed by atoms with Gasteiger partial charge in [-0.15, -0.1) is 0 Å². The van der Waals surface area contributed by atoms with Crippen molar-refractivity contribution in [2.24, 2.45) is 5.41 Å². The smallest absolute Gasteiger partial charge is 0.463 e. The highest BCUT2D eigenvalue weighted by Crippen LogP contribution is 2.66. The SMILES string of the molecule is CC(C)OC(=O)CCCOP(=O)(O)OC1C2OC(n3ccc(=O)[nH]c3=O)C(O)C21CO. The maximum absolute atomic E-state index is 12.2. The number of esters is 1. The van der Waals surface area contributed by atoms with Crippen LogP contribution in [0.4, 0.5) is 0 Å². The highest BCUT2D eigenvalue weighted by Gasteiger charge is 2.79. The zero-order valence-corrected chi connectivity index (χ0v) is 17.8. The zero-order valence-electron chi connectivity index (χ0n) is 16.9. The van der Waals surface area contributed by atoms with Crippen LogP contribution in [0, 0.1) is 5.41 Å². The van der Waals surface area contributed by atoms with Crippen LogP contribution >= 0.6 is 7.82 Å². The fourth-order valence-electron chi connectivity index (χ4n) is 3.58. The van der Waals surface area contributed by atoms with E-state index in [2.05, 4.69) is 0 Å². The van der Waals surface area contributed by atoms with Crippen molar-refractivity contribution >= 4 is 13.8 Å². The Morgan fingerprint density at radius 2 is 2.13 bits per heavy atom. The van der Waals surface area contributed by atoms with Gasteiger partial charge in [-0.25, -0.2) is 9.36 Å². The van der Waals surface area contributed by atoms with Crippen LogP contribution in [0.2, 0.25) is 0 Å². The van der Waals surface area contributed by atoms with Crippen LogP contribution in [0.15, 0.2) is 21.9 Å². The maximum atomic E-state index is 12.2. The van der Waals surface area contributed by atoms with Gasteiger partial charge in [0.25, 0.3) is 5.56 Å². The summed E-state index contributed by atoms with van der Waals surface area (Å²) in [6.07, 6.45) is -3.88. The molecule has 0 amide bonds. The normalized spacial score (nSPS) is 31.3. The Bertz CT molecular complexity index is 975. The summed E-state index contributed by atoms with van der Waals surface area (Å²) in [5.41, 5.74) is -2.90. The van der Waals surface area contributed by atoms with Gasteiger partial charge in [0.15, 0.2) is 6.23 Å². The molecule has 2 aliphatic rings. The highest BCUT2D eigenvalue weighted by atomic mass is 31.2. The molecule has 6 unspecified atom stereocenters. The summed E-state index contributed by atoms with van der Waals surface area (Å²) in [4.78, 5) is 46.5. The molecule has 1 aliphatic heterocycles. The summed E-state index contributed by atoms with van der Waals surface area (Å²) >= 11 is 0. The van der Waals surface area contributed by atoms with Gasteiger partial charge in [0.2, 0.25) is 0 Å². The number of H-pyrrole nitrogens is 1. The standard InChI is InChI=1S/C17H25N2O11P/c1-9(2)28-11(22)4-3-7-27-31(25,26)30-14-13-17(14,8-20)12(23)15(29-13)19-6-5-10(21)18-16(19)24/h5-6,9,12-15,20,23H,3-4,7-8H2,1-2H3,(H,25,26)(H,18,21,24). The quantitative estimate of drug-likeness (QED) is 0.189. The Morgan fingerprint density at radius 1 is 1.42 bits per heavy atom. The van der Waals surface area contributed by atoms with E-state index < -0.39 is 61.6 Å². The van der Waals surface area contributed by atoms with E-state index in [9.17, 15) is 34.1 Å². The number of nitrogens with one attached hydrogen (secondary N) is 1. The molecule has 1 aliphatic carbocycles. The number of rotatable bonds is 10. The number of nitrogens with zero attached hydrogens (tertiary/aromatic N) is 1. The van der Waals surface area contributed by atoms with Crippen LogP contribution in [0.5, 0.6) is 0 Å². The number of phosphoric ester groups is 1. The lowest BCUT2D eigenvalue weighted by Crippen LogP contribution is -2.40. The summed E-state index contributed by atoms with van der Waals surface area (Å²) in [6, 6.07) is 1.06. The number of carbonyl (C=O) groups is 1. The molecule has 2 heterocycles. The molecule has 0 spiro atoms. The minimum Gasteiger partial charge on any atom is -0.463 e. The Kier molecular flexibility index (Phi) is 6.87. The number of phosphoric acid groups is 1. The molecule has 4 N–H and O–H groups in total. The molecule has 0 aromatic carbocycles. The largest absolute Gasteiger partial charge is 0.472 e. The van der Waals surface area contributed by atoms with Crippen molar-refractivity contribution in [3.05, 3.63) is 33.1 Å². The fourth-order valence-corrected chi connectivity index (χ4v) is 4.59. The van der Waals surface area contributed by atoms with Crippen molar-refractivity contribution in [2.45, 2.75) is 57.3 Å². The average Bonchev–Trinajstić information content (AvgIpc) is 3.15. The first kappa shape index (κ1) is 23.8. The Morgan fingerprint density at radius 3 is 2.71 bits per heavy atom. The molecule has 1 saturated carbocycles. The Labute approximate surface area is 176 Å². The third kappa shape index (κ3) is 4.82. The summed E-state index contributed by atoms with van der Waals surface area (Å²) in [5, 5.41) is 20.4. The number of hydrogen-bond donors (Lipinski definition) is 4. The van der Waals surface area contributed by atoms with Gasteiger partial charge in [-0.3, -0.25) is 28.2 Å². The van der Waals surface area contributed by atoms with Crippen LogP contribution in [-0.2, 0) is 27.9 Å². The number of hydrogen-bond acceptors (Lipinski definition) is 10. The molecule has 174 valence electrons. The molecule has 3 rings (SSSR count). The van der Waals surface area contributed by atoms with Gasteiger partial charge in [-0.1, -0.05) is 0 Å². The lowest BCUT2D eigenvalue weighted by Gasteiger charge is -2.25. The summed E-state index contributed by atoms with van der Waals surface area (Å²) in [6.45, 7) is 2.48. The second kappa shape index (κ2) is 8.94. The summed E-state index contributed by atoms with van der Waals surface area (Å²) in [7, 11) is -4.59. The number of fused-ring (bicyclic) bond motifs is 1. The van der Waals surface area contributed by atoms with E-state index in [1.54, 1.807) is 13.8 Å². The molecule has 0 radical (unpaired) electrons. The van der Waals surface area contributed by atoms with Gasteiger partial charge in [-0.05, 0) is 20.3 Å². The fraction of sp³-hybridized carbons (Fsp3) is 0.706. The van der Waals surface area contributed by atoms with Crippen LogP contribution in [0.3, 0.4) is 0 Å². The van der Waals surface area contributed by atoms with E-state index in [-0.39, 0.29) is 25.6 Å². The van der Waals surface area contributed by atoms with E-state index in [1.165, 1.54) is 0 Å². The van der Waals surface area contributed by atoms with Crippen LogP contribution in [0.25, 0.3) is 0 Å². The lowest BCUT2D eigenvalue weighted by molar-refractivity contribution is -0.147. The van der Waals surface area contributed by atoms with Gasteiger partial charge in [-0.2, -0.15) is 0 Å². The van der Waals surface area contributed by atoms with E-state index in [1.807, 2.05) is 4.98 Å². The maximum Gasteiger partial charge on any atom is 0.472 e. The molecule has 1 aromatic rings. The van der Waals surface area contributed by atoms with E-state index >= 15 is 0 Å². The molecule has 13 nitrogen and oxygen atoms in total. The number of carbonyl (C=O) groups excluding carboxylic acids is 1. The molecule has 14 heteroatoms. The predicted octanol–water partition coefficient (Wildman–Crippen LogP) is -0.979. The number of aromatic nitrogens is 2. The number of ether oxygens (including phenoxy) is 2. The Balaban J connectivity index is 1.57. The third-order valence-electron chi connectivity index (χ3n) is 5.12. The predicted molar refractivity (Wildman–Crippen MR) is 102 cm³/mol. The molecule has 2 fully saturated rings. The lowest BCUT2D eigenvalue weighted by atomic mass is 9.99. The molecule has 1 saturated heterocycles. The highest BCUT2D eigenvalue weighted by molar-refractivity contribution is 7.47. The number of aliphatic hydroxyl groups excluding tert-OH is 2. The monoisotopic (exact) mass is 464 g/mol.